The molecular formula is C45H25N5. The maximum atomic E-state index is 10.3. The first-order valence-corrected chi connectivity index (χ1v) is 16.3. The molecule has 0 aliphatic carbocycles. The summed E-state index contributed by atoms with van der Waals surface area (Å²) in [5.74, 6) is 0. The number of para-hydroxylation sites is 4. The van der Waals surface area contributed by atoms with Crippen molar-refractivity contribution in [2.75, 3.05) is 0 Å². The Kier molecular flexibility index (Phi) is 6.56. The quantitative estimate of drug-likeness (QED) is 0.193. The largest absolute Gasteiger partial charge is 0.309 e. The Bertz CT molecular complexity index is 2900. The highest BCUT2D eigenvalue weighted by atomic mass is 15.0. The maximum Gasteiger partial charge on any atom is 0.101 e. The van der Waals surface area contributed by atoms with Crippen LogP contribution in [0, 0.1) is 34.0 Å². The molecule has 0 bridgehead atoms. The fourth-order valence-corrected chi connectivity index (χ4v) is 7.42. The summed E-state index contributed by atoms with van der Waals surface area (Å²) in [6.45, 7) is 0. The number of hydrogen-bond acceptors (Lipinski definition) is 3. The minimum Gasteiger partial charge on any atom is -0.309 e. The average Bonchev–Trinajstić information content (AvgIpc) is 3.70. The first kappa shape index (κ1) is 28.8. The number of nitrogens with zero attached hydrogens (tertiary/aromatic N) is 5. The van der Waals surface area contributed by atoms with Gasteiger partial charge in [0.25, 0.3) is 0 Å². The van der Waals surface area contributed by atoms with Gasteiger partial charge in [0.15, 0.2) is 0 Å². The van der Waals surface area contributed by atoms with Crippen LogP contribution in [0.4, 0.5) is 0 Å². The van der Waals surface area contributed by atoms with E-state index in [-0.39, 0.29) is 0 Å². The molecule has 0 radical (unpaired) electrons. The highest BCUT2D eigenvalue weighted by molar-refractivity contribution is 6.12. The molecule has 9 rings (SSSR count). The Balaban J connectivity index is 1.19. The van der Waals surface area contributed by atoms with Crippen LogP contribution >= 0.6 is 0 Å². The van der Waals surface area contributed by atoms with Gasteiger partial charge in [-0.1, -0.05) is 84.9 Å². The summed E-state index contributed by atoms with van der Waals surface area (Å²) in [7, 11) is 0. The second-order valence-corrected chi connectivity index (χ2v) is 12.3. The first-order chi connectivity index (χ1) is 24.7. The van der Waals surface area contributed by atoms with Crippen molar-refractivity contribution in [2.45, 2.75) is 0 Å². The van der Waals surface area contributed by atoms with Crippen molar-refractivity contribution in [3.05, 3.63) is 168 Å². The minimum absolute atomic E-state index is 0.569. The number of hydrogen-bond donors (Lipinski definition) is 0. The molecule has 9 aromatic rings. The Morgan fingerprint density at radius 2 is 1.04 bits per heavy atom. The molecule has 5 heteroatoms. The van der Waals surface area contributed by atoms with E-state index in [0.717, 1.165) is 66.5 Å². The summed E-state index contributed by atoms with van der Waals surface area (Å²) in [6, 6.07) is 57.9. The summed E-state index contributed by atoms with van der Waals surface area (Å²) in [4.78, 5) is 0. The van der Waals surface area contributed by atoms with Gasteiger partial charge in [-0.25, -0.2) is 0 Å². The van der Waals surface area contributed by atoms with Gasteiger partial charge in [0.1, 0.15) is 6.07 Å². The molecule has 2 heterocycles. The zero-order valence-electron chi connectivity index (χ0n) is 26.7. The van der Waals surface area contributed by atoms with E-state index < -0.39 is 0 Å². The van der Waals surface area contributed by atoms with Crippen molar-refractivity contribution in [2.24, 2.45) is 0 Å². The molecule has 0 N–H and O–H groups in total. The molecule has 0 aliphatic rings. The molecular weight excluding hydrogens is 611 g/mol. The van der Waals surface area contributed by atoms with Crippen molar-refractivity contribution in [1.29, 1.82) is 15.8 Å². The third-order valence-corrected chi connectivity index (χ3v) is 9.65. The fraction of sp³-hybridized carbons (Fsp3) is 0. The van der Waals surface area contributed by atoms with Gasteiger partial charge in [0.05, 0.1) is 56.6 Å². The number of rotatable bonds is 4. The van der Waals surface area contributed by atoms with E-state index in [4.69, 9.17) is 0 Å². The molecule has 0 saturated carbocycles. The topological polar surface area (TPSA) is 81.2 Å². The number of benzene rings is 7. The van der Waals surface area contributed by atoms with Gasteiger partial charge in [-0.15, -0.1) is 0 Å². The summed E-state index contributed by atoms with van der Waals surface area (Å²) in [6.07, 6.45) is 0. The van der Waals surface area contributed by atoms with Gasteiger partial charge >= 0.3 is 0 Å². The third-order valence-electron chi connectivity index (χ3n) is 9.65. The van der Waals surface area contributed by atoms with Gasteiger partial charge in [0.2, 0.25) is 0 Å². The first-order valence-electron chi connectivity index (χ1n) is 16.3. The van der Waals surface area contributed by atoms with Crippen molar-refractivity contribution < 1.29 is 0 Å². The van der Waals surface area contributed by atoms with Crippen LogP contribution in [0.15, 0.2) is 152 Å². The standard InChI is InChI=1S/C45H25N5/c46-26-29-16-23-44-40(24-29)38-12-7-8-33(28-48)45(38)49(44)34-21-19-30(20-22-34)31-17-18-32(27-47)39(25-31)37-11-3-6-15-43(37)50-41-13-4-1-9-35(41)36-10-2-5-14-42(36)50/h1-25H. The molecule has 0 amide bonds. The lowest BCUT2D eigenvalue weighted by Crippen LogP contribution is -1.98. The van der Waals surface area contributed by atoms with E-state index >= 15 is 0 Å². The van der Waals surface area contributed by atoms with Gasteiger partial charge in [0, 0.05) is 38.4 Å². The van der Waals surface area contributed by atoms with Crippen LogP contribution < -0.4 is 0 Å². The Labute approximate surface area is 287 Å². The SMILES string of the molecule is N#Cc1ccc2c(c1)c1cccc(C#N)c1n2-c1ccc(-c2ccc(C#N)c(-c3ccccc3-n3c4ccccc4c4ccccc43)c2)cc1. The van der Waals surface area contributed by atoms with E-state index in [1.165, 1.54) is 10.8 Å². The van der Waals surface area contributed by atoms with E-state index in [1.807, 2.05) is 60.7 Å². The molecule has 0 atom stereocenters. The van der Waals surface area contributed by atoms with Crippen LogP contribution in [-0.2, 0) is 0 Å². The average molecular weight is 636 g/mol. The van der Waals surface area contributed by atoms with E-state index in [0.29, 0.717) is 16.7 Å². The Hall–Kier alpha value is -7.39. The van der Waals surface area contributed by atoms with Gasteiger partial charge in [-0.05, 0) is 77.9 Å². The smallest absolute Gasteiger partial charge is 0.101 e. The van der Waals surface area contributed by atoms with Crippen LogP contribution in [0.2, 0.25) is 0 Å². The van der Waals surface area contributed by atoms with Gasteiger partial charge in [-0.3, -0.25) is 0 Å². The third kappa shape index (κ3) is 4.31. The van der Waals surface area contributed by atoms with Crippen molar-refractivity contribution in [1.82, 2.24) is 9.13 Å². The summed E-state index contributed by atoms with van der Waals surface area (Å²) in [5, 5.41) is 34.1. The number of nitriles is 3. The summed E-state index contributed by atoms with van der Waals surface area (Å²) < 4.78 is 4.39. The zero-order valence-corrected chi connectivity index (χ0v) is 26.7. The second-order valence-electron chi connectivity index (χ2n) is 12.3. The predicted octanol–water partition coefficient (Wildman–Crippen LogP) is 10.8. The van der Waals surface area contributed by atoms with Crippen LogP contribution in [0.3, 0.4) is 0 Å². The minimum atomic E-state index is 0.569. The zero-order chi connectivity index (χ0) is 33.8. The highest BCUT2D eigenvalue weighted by Crippen LogP contribution is 2.39. The molecule has 230 valence electrons. The molecule has 0 unspecified atom stereocenters. The molecule has 7 aromatic carbocycles. The molecule has 0 aliphatic heterocycles. The Morgan fingerprint density at radius 3 is 1.76 bits per heavy atom. The molecule has 5 nitrogen and oxygen atoms in total. The van der Waals surface area contributed by atoms with Crippen LogP contribution in [-0.4, -0.2) is 9.13 Å². The Morgan fingerprint density at radius 1 is 0.400 bits per heavy atom. The van der Waals surface area contributed by atoms with Crippen molar-refractivity contribution >= 4 is 43.6 Å². The lowest BCUT2D eigenvalue weighted by molar-refractivity contribution is 1.17. The maximum absolute atomic E-state index is 10.3. The second kappa shape index (κ2) is 11.4. The van der Waals surface area contributed by atoms with E-state index in [1.54, 1.807) is 0 Å². The molecule has 2 aromatic heterocycles. The molecule has 0 saturated heterocycles. The van der Waals surface area contributed by atoms with E-state index in [9.17, 15) is 15.8 Å². The fourth-order valence-electron chi connectivity index (χ4n) is 7.42. The van der Waals surface area contributed by atoms with Crippen molar-refractivity contribution in [3.63, 3.8) is 0 Å². The molecule has 0 spiro atoms. The molecule has 0 fully saturated rings. The summed E-state index contributed by atoms with van der Waals surface area (Å²) in [5.41, 5.74) is 11.4. The lowest BCUT2D eigenvalue weighted by atomic mass is 9.94. The van der Waals surface area contributed by atoms with Crippen LogP contribution in [0.5, 0.6) is 0 Å². The number of fused-ring (bicyclic) bond motifs is 6. The molecule has 50 heavy (non-hydrogen) atoms. The van der Waals surface area contributed by atoms with Crippen molar-refractivity contribution in [3.8, 4) is 51.8 Å². The summed E-state index contributed by atoms with van der Waals surface area (Å²) >= 11 is 0. The highest BCUT2D eigenvalue weighted by Gasteiger charge is 2.19. The van der Waals surface area contributed by atoms with Gasteiger partial charge < -0.3 is 9.13 Å². The predicted molar refractivity (Wildman–Crippen MR) is 200 cm³/mol. The van der Waals surface area contributed by atoms with E-state index in [2.05, 4.69) is 118 Å². The van der Waals surface area contributed by atoms with Crippen LogP contribution in [0.1, 0.15) is 16.7 Å². The normalized spacial score (nSPS) is 11.1. The number of aromatic nitrogens is 2. The lowest BCUT2D eigenvalue weighted by Gasteiger charge is -2.16. The monoisotopic (exact) mass is 635 g/mol. The van der Waals surface area contributed by atoms with Gasteiger partial charge in [-0.2, -0.15) is 15.8 Å². The van der Waals surface area contributed by atoms with Crippen LogP contribution in [0.25, 0.3) is 77.2 Å².